The minimum absolute atomic E-state index is 0.200. The maximum Gasteiger partial charge on any atom is 0.246 e. The van der Waals surface area contributed by atoms with Crippen LogP contribution in [0.15, 0.2) is 80.2 Å². The summed E-state index contributed by atoms with van der Waals surface area (Å²) >= 11 is 0. The molecule has 4 aromatic rings. The van der Waals surface area contributed by atoms with Crippen LogP contribution in [0.25, 0.3) is 22.3 Å². The van der Waals surface area contributed by atoms with E-state index < -0.39 is 5.82 Å². The Bertz CT molecular complexity index is 1370. The van der Waals surface area contributed by atoms with Crippen molar-refractivity contribution in [2.75, 3.05) is 18.9 Å². The van der Waals surface area contributed by atoms with Crippen LogP contribution in [0, 0.1) is 5.82 Å². The van der Waals surface area contributed by atoms with Crippen LogP contribution in [-0.2, 0) is 17.9 Å². The number of rotatable bonds is 10. The summed E-state index contributed by atoms with van der Waals surface area (Å²) in [6.07, 6.45) is 4.21. The first kappa shape index (κ1) is 23.6. The Morgan fingerprint density at radius 1 is 1.17 bits per heavy atom. The van der Waals surface area contributed by atoms with Crippen LogP contribution >= 0.6 is 0 Å². The van der Waals surface area contributed by atoms with E-state index >= 15 is 0 Å². The minimum atomic E-state index is -0.481. The summed E-state index contributed by atoms with van der Waals surface area (Å²) in [5.74, 6) is -0.125. The summed E-state index contributed by atoms with van der Waals surface area (Å²) in [5, 5.41) is 5.17. The van der Waals surface area contributed by atoms with Crippen molar-refractivity contribution in [3.05, 3.63) is 91.5 Å². The van der Waals surface area contributed by atoms with Crippen molar-refractivity contribution in [1.82, 2.24) is 24.6 Å². The largest absolute Gasteiger partial charge is 0.489 e. The Balaban J connectivity index is 1.68. The van der Waals surface area contributed by atoms with Crippen molar-refractivity contribution >= 4 is 22.8 Å². The Morgan fingerprint density at radius 3 is 2.71 bits per heavy atom. The Kier molecular flexibility index (Phi) is 7.15. The summed E-state index contributed by atoms with van der Waals surface area (Å²) in [7, 11) is 0. The predicted molar refractivity (Wildman–Crippen MR) is 133 cm³/mol. The maximum atomic E-state index is 14.4. The summed E-state index contributed by atoms with van der Waals surface area (Å²) in [6.45, 7) is 8.55. The number of halogens is 1. The van der Waals surface area contributed by atoms with Crippen molar-refractivity contribution in [1.29, 1.82) is 0 Å². The van der Waals surface area contributed by atoms with Crippen LogP contribution in [0.5, 0.6) is 5.75 Å². The highest BCUT2D eigenvalue weighted by molar-refractivity contribution is 5.98. The number of ether oxygens (including phenoxy) is 1. The summed E-state index contributed by atoms with van der Waals surface area (Å²) in [5.41, 5.74) is 8.54. The van der Waals surface area contributed by atoms with E-state index in [1.165, 1.54) is 24.5 Å². The number of hydrogen-bond acceptors (Lipinski definition) is 6. The molecular formula is C26H25FN6O2. The molecule has 2 heterocycles. The molecule has 0 aliphatic heterocycles. The lowest BCUT2D eigenvalue weighted by atomic mass is 10.1. The fourth-order valence-electron chi connectivity index (χ4n) is 3.74. The fourth-order valence-corrected chi connectivity index (χ4v) is 3.74. The van der Waals surface area contributed by atoms with Gasteiger partial charge in [0.2, 0.25) is 5.91 Å². The first-order chi connectivity index (χ1) is 17.0. The van der Waals surface area contributed by atoms with E-state index in [-0.39, 0.29) is 18.3 Å². The van der Waals surface area contributed by atoms with Crippen LogP contribution in [0.3, 0.4) is 0 Å². The highest BCUT2D eigenvalue weighted by atomic mass is 19.1. The fraction of sp³-hybridized carbons (Fsp3) is 0.154. The molecule has 0 aliphatic rings. The number of hydrogen-bond donors (Lipinski definition) is 1. The van der Waals surface area contributed by atoms with Gasteiger partial charge in [-0.25, -0.2) is 19.0 Å². The Hall–Kier alpha value is -4.53. The van der Waals surface area contributed by atoms with Crippen LogP contribution < -0.4 is 10.5 Å². The molecule has 0 saturated carbocycles. The second kappa shape index (κ2) is 10.6. The van der Waals surface area contributed by atoms with Crippen LogP contribution in [0.2, 0.25) is 0 Å². The van der Waals surface area contributed by atoms with Gasteiger partial charge in [-0.3, -0.25) is 4.79 Å². The van der Waals surface area contributed by atoms with Gasteiger partial charge in [-0.05, 0) is 23.8 Å². The van der Waals surface area contributed by atoms with Crippen LogP contribution in [-0.4, -0.2) is 43.7 Å². The number of amides is 1. The molecule has 8 nitrogen and oxygen atoms in total. The molecule has 0 fully saturated rings. The molecule has 0 radical (unpaired) electrons. The standard InChI is InChI=1S/C26H25FN6O2/c1-3-12-35-21-14-19(13-20(27)15-21)24-23-25(28)29-17-30-26(23)33(31-24)11-10-32(22(34)4-2)16-18-8-6-5-7-9-18/h3-9,13-15,17H,1-2,10-12,16H2,(H2,28,29,30). The van der Waals surface area contributed by atoms with E-state index in [0.717, 1.165) is 5.56 Å². The van der Waals surface area contributed by atoms with Crippen LogP contribution in [0.1, 0.15) is 5.56 Å². The highest BCUT2D eigenvalue weighted by Gasteiger charge is 2.20. The summed E-state index contributed by atoms with van der Waals surface area (Å²) < 4.78 is 21.5. The third-order valence-corrected chi connectivity index (χ3v) is 5.36. The van der Waals surface area contributed by atoms with E-state index in [4.69, 9.17) is 10.5 Å². The third-order valence-electron chi connectivity index (χ3n) is 5.36. The predicted octanol–water partition coefficient (Wildman–Crippen LogP) is 3.99. The first-order valence-electron chi connectivity index (χ1n) is 11.0. The quantitative estimate of drug-likeness (QED) is 0.277. The number of fused-ring (bicyclic) bond motifs is 1. The smallest absolute Gasteiger partial charge is 0.246 e. The molecule has 4 rings (SSSR count). The molecule has 2 aromatic carbocycles. The first-order valence-corrected chi connectivity index (χ1v) is 11.0. The van der Waals surface area contributed by atoms with E-state index in [9.17, 15) is 9.18 Å². The summed E-state index contributed by atoms with van der Waals surface area (Å²) in [4.78, 5) is 22.6. The SMILES string of the molecule is C=CCOc1cc(F)cc(-c2nn(CCN(Cc3ccccc3)C(=O)C=C)c3ncnc(N)c23)c1. The van der Waals surface area contributed by atoms with E-state index in [0.29, 0.717) is 47.7 Å². The van der Waals surface area contributed by atoms with Gasteiger partial charge in [0.05, 0.1) is 11.9 Å². The number of carbonyl (C=O) groups excluding carboxylic acids is 1. The average molecular weight is 473 g/mol. The molecule has 35 heavy (non-hydrogen) atoms. The Morgan fingerprint density at radius 2 is 1.97 bits per heavy atom. The monoisotopic (exact) mass is 472 g/mol. The molecule has 2 N–H and O–H groups in total. The number of nitrogens with zero attached hydrogens (tertiary/aromatic N) is 5. The number of aromatic nitrogens is 4. The number of anilines is 1. The molecule has 0 bridgehead atoms. The molecule has 0 atom stereocenters. The van der Waals surface area contributed by atoms with E-state index in [2.05, 4.69) is 28.2 Å². The maximum absolute atomic E-state index is 14.4. The second-order valence-corrected chi connectivity index (χ2v) is 7.75. The van der Waals surface area contributed by atoms with E-state index in [1.807, 2.05) is 30.3 Å². The zero-order valence-electron chi connectivity index (χ0n) is 19.1. The molecular weight excluding hydrogens is 447 g/mol. The van der Waals surface area contributed by atoms with Gasteiger partial charge < -0.3 is 15.4 Å². The van der Waals surface area contributed by atoms with Gasteiger partial charge in [0.15, 0.2) is 5.65 Å². The third kappa shape index (κ3) is 5.35. The van der Waals surface area contributed by atoms with Gasteiger partial charge in [0.25, 0.3) is 0 Å². The number of nitrogens with two attached hydrogens (primary N) is 1. The normalized spacial score (nSPS) is 10.8. The van der Waals surface area contributed by atoms with Crippen molar-refractivity contribution < 1.29 is 13.9 Å². The van der Waals surface area contributed by atoms with Crippen molar-refractivity contribution in [2.24, 2.45) is 0 Å². The molecule has 0 saturated heterocycles. The second-order valence-electron chi connectivity index (χ2n) is 7.75. The van der Waals surface area contributed by atoms with Gasteiger partial charge in [-0.15, -0.1) is 0 Å². The number of carbonyl (C=O) groups is 1. The molecule has 0 unspecified atom stereocenters. The number of nitrogen functional groups attached to an aromatic ring is 1. The number of benzene rings is 2. The van der Waals surface area contributed by atoms with Crippen LogP contribution in [0.4, 0.5) is 10.2 Å². The van der Waals surface area contributed by atoms with Gasteiger partial charge in [0, 0.05) is 24.7 Å². The van der Waals surface area contributed by atoms with E-state index in [1.54, 1.807) is 21.7 Å². The lowest BCUT2D eigenvalue weighted by Gasteiger charge is -2.21. The molecule has 0 aliphatic carbocycles. The minimum Gasteiger partial charge on any atom is -0.489 e. The van der Waals surface area contributed by atoms with Crippen molar-refractivity contribution in [2.45, 2.75) is 13.1 Å². The topological polar surface area (TPSA) is 99.2 Å². The summed E-state index contributed by atoms with van der Waals surface area (Å²) in [6, 6.07) is 14.0. The van der Waals surface area contributed by atoms with Gasteiger partial charge in [-0.2, -0.15) is 5.10 Å². The van der Waals surface area contributed by atoms with Crippen molar-refractivity contribution in [3.8, 4) is 17.0 Å². The molecule has 9 heteroatoms. The lowest BCUT2D eigenvalue weighted by Crippen LogP contribution is -2.32. The molecule has 2 aromatic heterocycles. The zero-order chi connectivity index (χ0) is 24.8. The van der Waals surface area contributed by atoms with Gasteiger partial charge in [0.1, 0.15) is 36.0 Å². The van der Waals surface area contributed by atoms with Gasteiger partial charge in [-0.1, -0.05) is 49.6 Å². The highest BCUT2D eigenvalue weighted by Crippen LogP contribution is 2.32. The molecule has 0 spiro atoms. The van der Waals surface area contributed by atoms with Gasteiger partial charge >= 0.3 is 0 Å². The average Bonchev–Trinajstić information content (AvgIpc) is 3.25. The lowest BCUT2D eigenvalue weighted by molar-refractivity contribution is -0.126. The zero-order valence-corrected chi connectivity index (χ0v) is 19.1. The molecule has 1 amide bonds. The van der Waals surface area contributed by atoms with Crippen molar-refractivity contribution in [3.63, 3.8) is 0 Å². The Labute approximate surface area is 202 Å². The molecule has 178 valence electrons.